The molecule has 100 valence electrons. The second-order valence-corrected chi connectivity index (χ2v) is 5.68. The summed E-state index contributed by atoms with van der Waals surface area (Å²) in [6.07, 6.45) is -0.0776. The van der Waals surface area contributed by atoms with E-state index in [9.17, 15) is 9.90 Å². The lowest BCUT2D eigenvalue weighted by atomic mass is 9.80. The molecule has 0 heterocycles. The van der Waals surface area contributed by atoms with Crippen molar-refractivity contribution in [2.45, 2.75) is 32.6 Å². The molecule has 5 heteroatoms. The molecule has 2 N–H and O–H groups in total. The molecule has 1 rings (SSSR count). The Balaban J connectivity index is 3.47. The van der Waals surface area contributed by atoms with Gasteiger partial charge in [0.25, 0.3) is 0 Å². The van der Waals surface area contributed by atoms with Crippen LogP contribution < -0.4 is 4.74 Å². The van der Waals surface area contributed by atoms with Gasteiger partial charge < -0.3 is 14.9 Å². The molecule has 1 aromatic carbocycles. The number of phenolic OH excluding ortho intramolecular Hbond substituents is 1. The third-order valence-corrected chi connectivity index (χ3v) is 3.90. The summed E-state index contributed by atoms with van der Waals surface area (Å²) in [4.78, 5) is 10.9. The number of aromatic hydroxyl groups is 1. The zero-order valence-corrected chi connectivity index (χ0v) is 12.5. The van der Waals surface area contributed by atoms with Crippen LogP contribution in [-0.2, 0) is 10.2 Å². The number of benzene rings is 1. The minimum Gasteiger partial charge on any atom is -0.504 e. The summed E-state index contributed by atoms with van der Waals surface area (Å²) in [6, 6.07) is 1.71. The molecule has 1 aromatic rings. The van der Waals surface area contributed by atoms with E-state index in [0.29, 0.717) is 15.8 Å². The molecule has 0 spiro atoms. The zero-order chi connectivity index (χ0) is 14.1. The van der Waals surface area contributed by atoms with Crippen molar-refractivity contribution in [2.24, 2.45) is 0 Å². The van der Waals surface area contributed by atoms with Crippen LogP contribution in [0.15, 0.2) is 10.5 Å². The molecule has 0 aromatic heterocycles. The molecule has 18 heavy (non-hydrogen) atoms. The van der Waals surface area contributed by atoms with Gasteiger partial charge in [-0.1, -0.05) is 29.8 Å². The van der Waals surface area contributed by atoms with Crippen molar-refractivity contribution in [3.63, 3.8) is 0 Å². The number of hydrogen-bond donors (Lipinski definition) is 2. The number of aliphatic carboxylic acids is 1. The fourth-order valence-corrected chi connectivity index (χ4v) is 2.83. The molecule has 0 radical (unpaired) electrons. The lowest BCUT2D eigenvalue weighted by molar-refractivity contribution is -0.138. The molecule has 0 fully saturated rings. The van der Waals surface area contributed by atoms with Gasteiger partial charge in [-0.05, 0) is 18.6 Å². The van der Waals surface area contributed by atoms with Gasteiger partial charge in [0.05, 0.1) is 13.5 Å². The van der Waals surface area contributed by atoms with Crippen molar-refractivity contribution >= 4 is 21.9 Å². The van der Waals surface area contributed by atoms with E-state index in [-0.39, 0.29) is 12.2 Å². The number of methoxy groups -OCH3 is 1. The summed E-state index contributed by atoms with van der Waals surface area (Å²) in [5, 5.41) is 19.2. The number of carboxylic acid groups (broad SMARTS) is 1. The topological polar surface area (TPSA) is 66.8 Å². The molecule has 0 bridgehead atoms. The van der Waals surface area contributed by atoms with Crippen molar-refractivity contribution in [3.8, 4) is 11.5 Å². The van der Waals surface area contributed by atoms with E-state index < -0.39 is 11.4 Å². The van der Waals surface area contributed by atoms with Crippen LogP contribution in [0.2, 0.25) is 0 Å². The molecule has 0 saturated carbocycles. The Morgan fingerprint density at radius 2 is 2.06 bits per heavy atom. The van der Waals surface area contributed by atoms with Gasteiger partial charge in [-0.25, -0.2) is 0 Å². The van der Waals surface area contributed by atoms with Crippen LogP contribution in [0.3, 0.4) is 0 Å². The van der Waals surface area contributed by atoms with E-state index in [4.69, 9.17) is 9.84 Å². The molecule has 0 aliphatic carbocycles. The van der Waals surface area contributed by atoms with E-state index >= 15 is 0 Å². The van der Waals surface area contributed by atoms with Crippen LogP contribution in [0, 0.1) is 6.92 Å². The lowest BCUT2D eigenvalue weighted by Gasteiger charge is -2.27. The van der Waals surface area contributed by atoms with Crippen molar-refractivity contribution in [1.82, 2.24) is 0 Å². The summed E-state index contributed by atoms with van der Waals surface area (Å²) >= 11 is 3.41. The summed E-state index contributed by atoms with van der Waals surface area (Å²) in [6.45, 7) is 5.42. The predicted molar refractivity (Wildman–Crippen MR) is 72.4 cm³/mol. The number of hydrogen-bond acceptors (Lipinski definition) is 3. The van der Waals surface area contributed by atoms with E-state index in [0.717, 1.165) is 5.56 Å². The maximum atomic E-state index is 10.9. The molecule has 0 aliphatic rings. The van der Waals surface area contributed by atoms with E-state index in [1.807, 2.05) is 6.92 Å². The highest BCUT2D eigenvalue weighted by atomic mass is 79.9. The number of rotatable bonds is 4. The fourth-order valence-electron chi connectivity index (χ4n) is 1.99. The van der Waals surface area contributed by atoms with Gasteiger partial charge >= 0.3 is 5.97 Å². The van der Waals surface area contributed by atoms with Crippen LogP contribution in [0.5, 0.6) is 11.5 Å². The number of carbonyl (C=O) groups is 1. The quantitative estimate of drug-likeness (QED) is 0.895. The van der Waals surface area contributed by atoms with Gasteiger partial charge in [-0.2, -0.15) is 0 Å². The van der Waals surface area contributed by atoms with Gasteiger partial charge in [0.1, 0.15) is 0 Å². The average Bonchev–Trinajstić information content (AvgIpc) is 2.21. The number of aryl methyl sites for hydroxylation is 1. The Morgan fingerprint density at radius 3 is 2.50 bits per heavy atom. The monoisotopic (exact) mass is 316 g/mol. The van der Waals surface area contributed by atoms with Crippen LogP contribution in [0.25, 0.3) is 0 Å². The summed E-state index contributed by atoms with van der Waals surface area (Å²) < 4.78 is 5.82. The predicted octanol–water partition coefficient (Wildman–Crippen LogP) is 3.22. The molecule has 0 atom stereocenters. The van der Waals surface area contributed by atoms with E-state index in [2.05, 4.69) is 15.9 Å². The Morgan fingerprint density at radius 1 is 1.50 bits per heavy atom. The summed E-state index contributed by atoms with van der Waals surface area (Å²) in [5.74, 6) is -0.572. The van der Waals surface area contributed by atoms with E-state index in [1.54, 1.807) is 19.9 Å². The van der Waals surface area contributed by atoms with Crippen molar-refractivity contribution < 1.29 is 19.7 Å². The van der Waals surface area contributed by atoms with Crippen LogP contribution in [-0.4, -0.2) is 23.3 Å². The maximum absolute atomic E-state index is 10.9. The van der Waals surface area contributed by atoms with Gasteiger partial charge in [0, 0.05) is 15.5 Å². The standard InChI is InChI=1S/C13H17BrO4/c1-7-5-8(18-4)12(17)10(11(7)14)13(2,3)6-9(15)16/h5,17H,6H2,1-4H3,(H,15,16). The minimum absolute atomic E-state index is 0.0128. The first-order valence-electron chi connectivity index (χ1n) is 5.49. The first-order chi connectivity index (χ1) is 8.20. The number of ether oxygens (including phenoxy) is 1. The first-order valence-corrected chi connectivity index (χ1v) is 6.28. The smallest absolute Gasteiger partial charge is 0.304 e. The van der Waals surface area contributed by atoms with Crippen molar-refractivity contribution in [1.29, 1.82) is 0 Å². The van der Waals surface area contributed by atoms with Gasteiger partial charge in [-0.3, -0.25) is 4.79 Å². The molecule has 0 aliphatic heterocycles. The molecule has 0 saturated heterocycles. The van der Waals surface area contributed by atoms with Crippen LogP contribution >= 0.6 is 15.9 Å². The van der Waals surface area contributed by atoms with Gasteiger partial charge in [-0.15, -0.1) is 0 Å². The number of phenols is 1. The second-order valence-electron chi connectivity index (χ2n) is 4.89. The third kappa shape index (κ3) is 2.77. The number of halogens is 1. The van der Waals surface area contributed by atoms with Crippen molar-refractivity contribution in [2.75, 3.05) is 7.11 Å². The van der Waals surface area contributed by atoms with Gasteiger partial charge in [0.2, 0.25) is 0 Å². The van der Waals surface area contributed by atoms with Crippen LogP contribution in [0.1, 0.15) is 31.4 Å². The molecule has 0 unspecified atom stereocenters. The summed E-state index contributed by atoms with van der Waals surface area (Å²) in [5.41, 5.74) is 0.744. The Kier molecular flexibility index (Phi) is 4.27. The van der Waals surface area contributed by atoms with Gasteiger partial charge in [0.15, 0.2) is 11.5 Å². The zero-order valence-electron chi connectivity index (χ0n) is 10.9. The molecule has 0 amide bonds. The lowest BCUT2D eigenvalue weighted by Crippen LogP contribution is -2.23. The summed E-state index contributed by atoms with van der Waals surface area (Å²) in [7, 11) is 1.47. The average molecular weight is 317 g/mol. The Hall–Kier alpha value is -1.23. The SMILES string of the molecule is COc1cc(C)c(Br)c(C(C)(C)CC(=O)O)c1O. The largest absolute Gasteiger partial charge is 0.504 e. The first kappa shape index (κ1) is 14.8. The molecular formula is C13H17BrO4. The fraction of sp³-hybridized carbons (Fsp3) is 0.462. The van der Waals surface area contributed by atoms with Crippen LogP contribution in [0.4, 0.5) is 0 Å². The van der Waals surface area contributed by atoms with Crippen molar-refractivity contribution in [3.05, 3.63) is 21.7 Å². The Labute approximate surface area is 115 Å². The maximum Gasteiger partial charge on any atom is 0.304 e. The molecule has 4 nitrogen and oxygen atoms in total. The highest BCUT2D eigenvalue weighted by Crippen LogP contribution is 2.45. The second kappa shape index (κ2) is 5.18. The number of carboxylic acids is 1. The Bertz CT molecular complexity index is 480. The highest BCUT2D eigenvalue weighted by Gasteiger charge is 2.31. The minimum atomic E-state index is -0.910. The highest BCUT2D eigenvalue weighted by molar-refractivity contribution is 9.10. The third-order valence-electron chi connectivity index (χ3n) is 2.87. The van der Waals surface area contributed by atoms with E-state index in [1.165, 1.54) is 7.11 Å². The molecular weight excluding hydrogens is 300 g/mol. The normalized spacial score (nSPS) is 11.4.